The molecule has 0 fully saturated rings. The van der Waals surface area contributed by atoms with Gasteiger partial charge in [0.1, 0.15) is 5.75 Å². The van der Waals surface area contributed by atoms with Crippen molar-refractivity contribution in [2.45, 2.75) is 20.0 Å². The van der Waals surface area contributed by atoms with Gasteiger partial charge in [-0.15, -0.1) is 0 Å². The molecule has 122 valence electrons. The molecule has 23 heavy (non-hydrogen) atoms. The molecule has 0 aliphatic rings. The number of benzene rings is 2. The molecular formula is C17H18Cl2N2O2. The monoisotopic (exact) mass is 352 g/mol. The molecule has 0 radical (unpaired) electrons. The molecule has 6 heteroatoms. The Kier molecular flexibility index (Phi) is 6.13. The molecule has 0 aromatic heterocycles. The van der Waals surface area contributed by atoms with Gasteiger partial charge in [-0.1, -0.05) is 35.3 Å². The highest BCUT2D eigenvalue weighted by atomic mass is 35.5. The summed E-state index contributed by atoms with van der Waals surface area (Å²) in [6.07, 6.45) is 0.0765. The van der Waals surface area contributed by atoms with E-state index in [2.05, 4.69) is 10.6 Å². The molecule has 0 aliphatic carbocycles. The first kappa shape index (κ1) is 17.4. The molecule has 2 N–H and O–H groups in total. The minimum atomic E-state index is -0.192. The number of rotatable bonds is 6. The summed E-state index contributed by atoms with van der Waals surface area (Å²) < 4.78 is 5.60. The zero-order valence-corrected chi connectivity index (χ0v) is 14.4. The van der Waals surface area contributed by atoms with E-state index >= 15 is 0 Å². The molecule has 0 spiro atoms. The Labute approximate surface area is 145 Å². The van der Waals surface area contributed by atoms with Gasteiger partial charge < -0.3 is 15.4 Å². The fourth-order valence-electron chi connectivity index (χ4n) is 1.94. The quantitative estimate of drug-likeness (QED) is 0.782. The molecule has 0 bridgehead atoms. The lowest BCUT2D eigenvalue weighted by Crippen LogP contribution is -2.21. The fourth-order valence-corrected chi connectivity index (χ4v) is 2.31. The standard InChI is InChI=1S/C17H18Cl2N2O2/c1-11(2)23-13-6-3-5-12(9-13)21-16(22)10-20-15-8-4-7-14(18)17(15)19/h3-9,11,20H,10H2,1-2H3,(H,21,22). The second kappa shape index (κ2) is 8.09. The van der Waals surface area contributed by atoms with E-state index in [-0.39, 0.29) is 18.6 Å². The van der Waals surface area contributed by atoms with Crippen molar-refractivity contribution in [3.63, 3.8) is 0 Å². The third kappa shape index (κ3) is 5.34. The number of carbonyl (C=O) groups excluding carboxylic acids is 1. The van der Waals surface area contributed by atoms with Crippen molar-refractivity contribution in [3.05, 3.63) is 52.5 Å². The van der Waals surface area contributed by atoms with E-state index in [0.717, 1.165) is 0 Å². The van der Waals surface area contributed by atoms with E-state index in [9.17, 15) is 4.79 Å². The van der Waals surface area contributed by atoms with E-state index in [1.807, 2.05) is 26.0 Å². The summed E-state index contributed by atoms with van der Waals surface area (Å²) in [5, 5.41) is 6.60. The lowest BCUT2D eigenvalue weighted by atomic mass is 10.3. The number of hydrogen-bond donors (Lipinski definition) is 2. The first-order valence-electron chi connectivity index (χ1n) is 7.20. The Morgan fingerprint density at radius 3 is 2.65 bits per heavy atom. The molecule has 2 rings (SSSR count). The number of hydrogen-bond acceptors (Lipinski definition) is 3. The lowest BCUT2D eigenvalue weighted by molar-refractivity contribution is -0.114. The highest BCUT2D eigenvalue weighted by molar-refractivity contribution is 6.43. The van der Waals surface area contributed by atoms with Crippen LogP contribution in [0, 0.1) is 0 Å². The number of amides is 1. The molecule has 0 saturated heterocycles. The molecule has 0 atom stereocenters. The Morgan fingerprint density at radius 1 is 1.17 bits per heavy atom. The van der Waals surface area contributed by atoms with Crippen molar-refractivity contribution in [1.29, 1.82) is 0 Å². The molecule has 0 aliphatic heterocycles. The highest BCUT2D eigenvalue weighted by Gasteiger charge is 2.07. The van der Waals surface area contributed by atoms with E-state index in [4.69, 9.17) is 27.9 Å². The summed E-state index contributed by atoms with van der Waals surface area (Å²) in [5.41, 5.74) is 1.29. The number of anilines is 2. The Balaban J connectivity index is 1.93. The summed E-state index contributed by atoms with van der Waals surface area (Å²) in [4.78, 5) is 12.0. The van der Waals surface area contributed by atoms with Crippen molar-refractivity contribution in [3.8, 4) is 5.75 Å². The van der Waals surface area contributed by atoms with Crippen LogP contribution in [0.15, 0.2) is 42.5 Å². The smallest absolute Gasteiger partial charge is 0.243 e. The zero-order chi connectivity index (χ0) is 16.8. The molecule has 1 amide bonds. The van der Waals surface area contributed by atoms with Crippen LogP contribution < -0.4 is 15.4 Å². The van der Waals surface area contributed by atoms with Crippen molar-refractivity contribution >= 4 is 40.5 Å². The van der Waals surface area contributed by atoms with Crippen molar-refractivity contribution in [2.24, 2.45) is 0 Å². The van der Waals surface area contributed by atoms with Crippen LogP contribution >= 0.6 is 23.2 Å². The van der Waals surface area contributed by atoms with E-state index in [1.54, 1.807) is 30.3 Å². The minimum absolute atomic E-state index is 0.0765. The number of ether oxygens (including phenoxy) is 1. The van der Waals surface area contributed by atoms with Crippen molar-refractivity contribution < 1.29 is 9.53 Å². The largest absolute Gasteiger partial charge is 0.491 e. The molecule has 2 aromatic rings. The normalized spacial score (nSPS) is 10.5. The Morgan fingerprint density at radius 2 is 1.91 bits per heavy atom. The zero-order valence-electron chi connectivity index (χ0n) is 12.9. The van der Waals surface area contributed by atoms with E-state index in [1.165, 1.54) is 0 Å². The molecule has 4 nitrogen and oxygen atoms in total. The van der Waals surface area contributed by atoms with Gasteiger partial charge in [0.15, 0.2) is 0 Å². The van der Waals surface area contributed by atoms with E-state index < -0.39 is 0 Å². The Hall–Kier alpha value is -1.91. The van der Waals surface area contributed by atoms with E-state index in [0.29, 0.717) is 27.2 Å². The third-order valence-corrected chi connectivity index (χ3v) is 3.70. The second-order valence-electron chi connectivity index (χ2n) is 5.20. The first-order valence-corrected chi connectivity index (χ1v) is 7.96. The number of halogens is 2. The summed E-state index contributed by atoms with van der Waals surface area (Å²) in [7, 11) is 0. The summed E-state index contributed by atoms with van der Waals surface area (Å²) >= 11 is 12.0. The van der Waals surface area contributed by atoms with Crippen LogP contribution in [0.3, 0.4) is 0 Å². The Bertz CT molecular complexity index is 690. The van der Waals surface area contributed by atoms with Gasteiger partial charge in [0.2, 0.25) is 5.91 Å². The highest BCUT2D eigenvalue weighted by Crippen LogP contribution is 2.29. The van der Waals surface area contributed by atoms with Gasteiger partial charge >= 0.3 is 0 Å². The second-order valence-corrected chi connectivity index (χ2v) is 5.98. The maximum Gasteiger partial charge on any atom is 0.243 e. The summed E-state index contributed by atoms with van der Waals surface area (Å²) in [6, 6.07) is 12.5. The maximum absolute atomic E-state index is 12.0. The SMILES string of the molecule is CC(C)Oc1cccc(NC(=O)CNc2cccc(Cl)c2Cl)c1. The van der Waals surface area contributed by atoms with Crippen LogP contribution in [0.4, 0.5) is 11.4 Å². The van der Waals surface area contributed by atoms with Crippen LogP contribution in [0.5, 0.6) is 5.75 Å². The molecule has 2 aromatic carbocycles. The molecular weight excluding hydrogens is 335 g/mol. The van der Waals surface area contributed by atoms with Gasteiger partial charge in [0.25, 0.3) is 0 Å². The predicted molar refractivity (Wildman–Crippen MR) is 95.8 cm³/mol. The van der Waals surface area contributed by atoms with Gasteiger partial charge in [0.05, 0.1) is 28.4 Å². The van der Waals surface area contributed by atoms with Gasteiger partial charge in [-0.25, -0.2) is 0 Å². The third-order valence-electron chi connectivity index (χ3n) is 2.88. The summed E-state index contributed by atoms with van der Waals surface area (Å²) in [6.45, 7) is 3.98. The van der Waals surface area contributed by atoms with Crippen molar-refractivity contribution in [2.75, 3.05) is 17.2 Å². The molecule has 0 saturated carbocycles. The maximum atomic E-state index is 12.0. The average molecular weight is 353 g/mol. The molecule has 0 heterocycles. The topological polar surface area (TPSA) is 50.4 Å². The average Bonchev–Trinajstić information content (AvgIpc) is 2.48. The van der Waals surface area contributed by atoms with Gasteiger partial charge in [-0.3, -0.25) is 4.79 Å². The van der Waals surface area contributed by atoms with Crippen LogP contribution in [0.25, 0.3) is 0 Å². The van der Waals surface area contributed by atoms with Gasteiger partial charge in [-0.2, -0.15) is 0 Å². The van der Waals surface area contributed by atoms with Crippen LogP contribution in [0.1, 0.15) is 13.8 Å². The minimum Gasteiger partial charge on any atom is -0.491 e. The predicted octanol–water partition coefficient (Wildman–Crippen LogP) is 4.83. The van der Waals surface area contributed by atoms with Gasteiger partial charge in [-0.05, 0) is 38.1 Å². The van der Waals surface area contributed by atoms with Crippen LogP contribution in [-0.4, -0.2) is 18.6 Å². The van der Waals surface area contributed by atoms with Crippen LogP contribution in [-0.2, 0) is 4.79 Å². The van der Waals surface area contributed by atoms with Crippen molar-refractivity contribution in [1.82, 2.24) is 0 Å². The first-order chi connectivity index (χ1) is 11.0. The van der Waals surface area contributed by atoms with Crippen LogP contribution in [0.2, 0.25) is 10.0 Å². The van der Waals surface area contributed by atoms with Gasteiger partial charge in [0, 0.05) is 11.8 Å². The number of carbonyl (C=O) groups is 1. The fraction of sp³-hybridized carbons (Fsp3) is 0.235. The summed E-state index contributed by atoms with van der Waals surface area (Å²) in [5.74, 6) is 0.520. The lowest BCUT2D eigenvalue weighted by Gasteiger charge is -2.12. The molecule has 0 unspecified atom stereocenters. The number of nitrogens with one attached hydrogen (secondary N) is 2.